The Labute approximate surface area is 307 Å². The molecule has 2 aromatic rings. The van der Waals surface area contributed by atoms with Gasteiger partial charge in [0.05, 0.1) is 23.4 Å². The Morgan fingerprint density at radius 3 is 2.08 bits per heavy atom. The van der Waals surface area contributed by atoms with Crippen LogP contribution in [0.2, 0.25) is 0 Å². The van der Waals surface area contributed by atoms with E-state index in [1.165, 1.54) is 21.1 Å². The summed E-state index contributed by atoms with van der Waals surface area (Å²) in [5.41, 5.74) is 1.20. The minimum atomic E-state index is -5.19. The maximum atomic E-state index is 14.1. The van der Waals surface area contributed by atoms with Crippen molar-refractivity contribution in [3.05, 3.63) is 45.8 Å². The molecule has 0 aliphatic carbocycles. The molecular formula is C35H44F6N8O3S. The summed E-state index contributed by atoms with van der Waals surface area (Å²) in [6, 6.07) is 1.94. The molecule has 6 heterocycles. The fourth-order valence-electron chi connectivity index (χ4n) is 8.85. The summed E-state index contributed by atoms with van der Waals surface area (Å²) in [6.07, 6.45) is -5.69. The second-order valence-electron chi connectivity index (χ2n) is 14.9. The molecule has 2 bridgehead atoms. The number of halogens is 6. The summed E-state index contributed by atoms with van der Waals surface area (Å²) in [7, 11) is 2.16. The highest BCUT2D eigenvalue weighted by Crippen LogP contribution is 2.42. The van der Waals surface area contributed by atoms with Crippen molar-refractivity contribution in [3.63, 3.8) is 0 Å². The van der Waals surface area contributed by atoms with Gasteiger partial charge in [0, 0.05) is 75.4 Å². The van der Waals surface area contributed by atoms with Crippen LogP contribution in [0.5, 0.6) is 0 Å². The predicted molar refractivity (Wildman–Crippen MR) is 186 cm³/mol. The molecule has 11 nitrogen and oxygen atoms in total. The van der Waals surface area contributed by atoms with Crippen LogP contribution in [0.1, 0.15) is 60.8 Å². The van der Waals surface area contributed by atoms with Crippen LogP contribution in [-0.2, 0) is 30.1 Å². The van der Waals surface area contributed by atoms with E-state index in [1.807, 2.05) is 11.4 Å². The molecule has 4 saturated heterocycles. The number of amides is 5. The quantitative estimate of drug-likeness (QED) is 0.273. The van der Waals surface area contributed by atoms with E-state index in [-0.39, 0.29) is 25.2 Å². The normalized spacial score (nSPS) is 25.3. The third-order valence-electron chi connectivity index (χ3n) is 11.9. The number of nitrogen functional groups attached to an aromatic ring is 1. The van der Waals surface area contributed by atoms with Crippen LogP contribution in [-0.4, -0.2) is 119 Å². The maximum Gasteiger partial charge on any atom is 0.418 e. The molecule has 53 heavy (non-hydrogen) atoms. The van der Waals surface area contributed by atoms with Crippen molar-refractivity contribution in [2.24, 2.45) is 0 Å². The summed E-state index contributed by atoms with van der Waals surface area (Å²) in [5.74, 6) is -0.577. The van der Waals surface area contributed by atoms with E-state index in [1.54, 1.807) is 4.90 Å². The number of urea groups is 2. The summed E-state index contributed by atoms with van der Waals surface area (Å²) >= 11 is 1.44. The standard InChI is InChI=1S/C35H44F6N8O3S/c1-45-23-2-3-24(45)18-25(17-23)46-9-11-47(12-10-46)31(50)28(16-20-14-26(34(36,37)38)29(42)27(15-20)35(39,40)41)43-32(51)48-7-4-22(5-8-48)49-19-21-6-13-53-30(21)44-33(49)52/h6,13-15,22-25,28H,2-5,7-12,16-19,42H2,1H3,(H,43,51)(H,44,52)/t23?,24?,25?,28-/m1/s1. The molecular weight excluding hydrogens is 726 g/mol. The Morgan fingerprint density at radius 2 is 1.49 bits per heavy atom. The summed E-state index contributed by atoms with van der Waals surface area (Å²) in [6.45, 7) is 2.66. The van der Waals surface area contributed by atoms with E-state index < -0.39 is 59.1 Å². The van der Waals surface area contributed by atoms with E-state index in [9.17, 15) is 40.7 Å². The van der Waals surface area contributed by atoms with Gasteiger partial charge in [-0.05, 0) is 74.7 Å². The first-order valence-electron chi connectivity index (χ1n) is 18.1. The van der Waals surface area contributed by atoms with Gasteiger partial charge in [-0.2, -0.15) is 26.3 Å². The molecule has 0 spiro atoms. The highest BCUT2D eigenvalue weighted by atomic mass is 32.1. The number of nitrogens with one attached hydrogen (secondary N) is 2. The fourth-order valence-corrected chi connectivity index (χ4v) is 9.65. The van der Waals surface area contributed by atoms with Crippen LogP contribution >= 0.6 is 11.3 Å². The Hall–Kier alpha value is -3.77. The number of benzene rings is 1. The van der Waals surface area contributed by atoms with Crippen LogP contribution in [0.15, 0.2) is 23.6 Å². The summed E-state index contributed by atoms with van der Waals surface area (Å²) < 4.78 is 83.5. The SMILES string of the molecule is CN1C2CCC1CC(N1CCN(C(=O)[C@@H](Cc3cc(C(F)(F)F)c(N)c(C(F)(F)F)c3)NC(=O)N3CCC(N4Cc5ccsc5NC4=O)CC3)CC1)C2. The van der Waals surface area contributed by atoms with Crippen molar-refractivity contribution < 1.29 is 40.7 Å². The van der Waals surface area contributed by atoms with E-state index in [2.05, 4.69) is 27.5 Å². The average molecular weight is 771 g/mol. The number of anilines is 2. The summed E-state index contributed by atoms with van der Waals surface area (Å²) in [5, 5.41) is 8.26. The van der Waals surface area contributed by atoms with Crippen molar-refractivity contribution in [2.45, 2.75) is 94.1 Å². The number of alkyl halides is 6. The van der Waals surface area contributed by atoms with Crippen molar-refractivity contribution in [2.75, 3.05) is 57.4 Å². The number of thiophene rings is 1. The number of hydrogen-bond acceptors (Lipinski definition) is 7. The Kier molecular flexibility index (Phi) is 10.2. The largest absolute Gasteiger partial charge is 0.418 e. The van der Waals surface area contributed by atoms with Crippen LogP contribution in [0.3, 0.4) is 0 Å². The molecule has 7 rings (SSSR count). The Bertz CT molecular complexity index is 1660. The number of likely N-dealkylation sites (tertiary alicyclic amines) is 1. The third-order valence-corrected chi connectivity index (χ3v) is 12.7. The van der Waals surface area contributed by atoms with Gasteiger partial charge in [-0.3, -0.25) is 15.0 Å². The van der Waals surface area contributed by atoms with E-state index in [0.29, 0.717) is 75.8 Å². The lowest BCUT2D eigenvalue weighted by molar-refractivity contribution is -0.141. The first-order chi connectivity index (χ1) is 25.1. The molecule has 0 radical (unpaired) electrons. The fraction of sp³-hybridized carbons (Fsp3) is 0.629. The van der Waals surface area contributed by atoms with Gasteiger partial charge in [-0.25, -0.2) is 9.59 Å². The lowest BCUT2D eigenvalue weighted by Crippen LogP contribution is -2.60. The van der Waals surface area contributed by atoms with Crippen molar-refractivity contribution in [1.29, 1.82) is 0 Å². The van der Waals surface area contributed by atoms with Crippen LogP contribution in [0.25, 0.3) is 0 Å². The molecule has 5 aliphatic rings. The van der Waals surface area contributed by atoms with E-state index in [4.69, 9.17) is 5.73 Å². The molecule has 2 unspecified atom stereocenters. The number of nitrogens with zero attached hydrogens (tertiary/aromatic N) is 5. The number of nitrogens with two attached hydrogens (primary N) is 1. The zero-order valence-electron chi connectivity index (χ0n) is 29.3. The summed E-state index contributed by atoms with van der Waals surface area (Å²) in [4.78, 5) is 50.1. The van der Waals surface area contributed by atoms with Gasteiger partial charge in [-0.15, -0.1) is 11.3 Å². The third kappa shape index (κ3) is 7.76. The number of carbonyl (C=O) groups is 3. The molecule has 1 aromatic heterocycles. The number of carbonyl (C=O) groups excluding carboxylic acids is 3. The average Bonchev–Trinajstić information content (AvgIpc) is 3.63. The second-order valence-corrected chi connectivity index (χ2v) is 15.8. The van der Waals surface area contributed by atoms with Gasteiger partial charge in [0.15, 0.2) is 0 Å². The molecule has 4 fully saturated rings. The van der Waals surface area contributed by atoms with Crippen molar-refractivity contribution >= 4 is 40.0 Å². The van der Waals surface area contributed by atoms with Gasteiger partial charge in [0.25, 0.3) is 0 Å². The minimum absolute atomic E-state index is 0.156. The smallest absolute Gasteiger partial charge is 0.398 e. The molecule has 5 amide bonds. The van der Waals surface area contributed by atoms with Crippen molar-refractivity contribution in [1.82, 2.24) is 29.8 Å². The first-order valence-corrected chi connectivity index (χ1v) is 19.0. The number of hydrogen-bond donors (Lipinski definition) is 3. The Morgan fingerprint density at radius 1 is 0.887 bits per heavy atom. The van der Waals surface area contributed by atoms with Crippen LogP contribution in [0.4, 0.5) is 46.6 Å². The predicted octanol–water partition coefficient (Wildman–Crippen LogP) is 5.27. The van der Waals surface area contributed by atoms with Gasteiger partial charge < -0.3 is 30.7 Å². The second kappa shape index (κ2) is 14.5. The highest BCUT2D eigenvalue weighted by molar-refractivity contribution is 7.14. The zero-order chi connectivity index (χ0) is 37.8. The van der Waals surface area contributed by atoms with Gasteiger partial charge in [0.2, 0.25) is 5.91 Å². The van der Waals surface area contributed by atoms with Crippen molar-refractivity contribution in [3.8, 4) is 0 Å². The van der Waals surface area contributed by atoms with E-state index in [0.717, 1.165) is 36.2 Å². The molecule has 1 aromatic carbocycles. The molecule has 18 heteroatoms. The number of fused-ring (bicyclic) bond motifs is 3. The topological polar surface area (TPSA) is 117 Å². The molecule has 3 atom stereocenters. The molecule has 290 valence electrons. The monoisotopic (exact) mass is 770 g/mol. The molecule has 0 saturated carbocycles. The van der Waals surface area contributed by atoms with Crippen LogP contribution in [0, 0.1) is 0 Å². The van der Waals surface area contributed by atoms with Gasteiger partial charge in [0.1, 0.15) is 11.0 Å². The molecule has 4 N–H and O–H groups in total. The maximum absolute atomic E-state index is 14.1. The highest BCUT2D eigenvalue weighted by Gasteiger charge is 2.43. The minimum Gasteiger partial charge on any atom is -0.398 e. The van der Waals surface area contributed by atoms with Gasteiger partial charge in [-0.1, -0.05) is 0 Å². The number of piperidine rings is 2. The first kappa shape index (κ1) is 37.5. The van der Waals surface area contributed by atoms with E-state index >= 15 is 0 Å². The van der Waals surface area contributed by atoms with Gasteiger partial charge >= 0.3 is 24.4 Å². The lowest BCUT2D eigenvalue weighted by atomic mass is 9.95. The zero-order valence-corrected chi connectivity index (χ0v) is 30.1. The van der Waals surface area contributed by atoms with Crippen LogP contribution < -0.4 is 16.4 Å². The number of rotatable bonds is 6. The lowest BCUT2D eigenvalue weighted by Gasteiger charge is -2.45. The Balaban J connectivity index is 1.06. The molecule has 5 aliphatic heterocycles. The number of piperazine rings is 1.